The predicted molar refractivity (Wildman–Crippen MR) is 96.9 cm³/mol. The molecule has 154 valence electrons. The Kier molecular flexibility index (Phi) is 8.52. The molecule has 1 aliphatic heterocycles. The summed E-state index contributed by atoms with van der Waals surface area (Å²) in [4.78, 5) is 13.3. The van der Waals surface area contributed by atoms with Gasteiger partial charge in [0.05, 0.1) is 10.5 Å². The fourth-order valence-corrected chi connectivity index (χ4v) is 3.88. The Labute approximate surface area is 162 Å². The predicted octanol–water partition coefficient (Wildman–Crippen LogP) is 2.14. The second-order valence-corrected chi connectivity index (χ2v) is 8.04. The van der Waals surface area contributed by atoms with Crippen molar-refractivity contribution in [1.29, 1.82) is 0 Å². The number of benzene rings is 1. The Bertz CT molecular complexity index is 744. The lowest BCUT2D eigenvalue weighted by molar-refractivity contribution is -0.137. The molecule has 1 aromatic carbocycles. The molecule has 0 spiro atoms. The number of amides is 1. The zero-order valence-corrected chi connectivity index (χ0v) is 16.2. The number of alkyl halides is 3. The molecule has 1 atom stereocenters. The fraction of sp³-hybridized carbons (Fsp3) is 0.562. The van der Waals surface area contributed by atoms with Gasteiger partial charge >= 0.3 is 6.18 Å². The summed E-state index contributed by atoms with van der Waals surface area (Å²) in [6.07, 6.45) is -2.50. The monoisotopic (exact) mass is 429 g/mol. The zero-order valence-electron chi connectivity index (χ0n) is 14.5. The largest absolute Gasteiger partial charge is 0.416 e. The topological polar surface area (TPSA) is 92.5 Å². The summed E-state index contributed by atoms with van der Waals surface area (Å²) >= 11 is 0. The first-order chi connectivity index (χ1) is 12.1. The second-order valence-electron chi connectivity index (χ2n) is 6.27. The van der Waals surface area contributed by atoms with Crippen LogP contribution in [0.1, 0.15) is 31.2 Å². The van der Waals surface area contributed by atoms with E-state index in [1.54, 1.807) is 4.90 Å². The molecule has 1 aliphatic rings. The molecule has 27 heavy (non-hydrogen) atoms. The first-order valence-corrected chi connectivity index (χ1v) is 9.78. The van der Waals surface area contributed by atoms with E-state index >= 15 is 0 Å². The maximum atomic E-state index is 12.7. The van der Waals surface area contributed by atoms with Crippen molar-refractivity contribution in [2.75, 3.05) is 19.6 Å². The minimum absolute atomic E-state index is 0. The molecule has 0 bridgehead atoms. The standard InChI is InChI=1S/C16H22F3N3O3S.ClH/c17-16(18,19)12-4-1-6-14(10-12)26(24,25)21-8-2-7-15(23)22-9-3-5-13(20)11-22;/h1,4,6,10,13,21H,2-3,5,7-9,11,20H2;1H. The molecule has 0 radical (unpaired) electrons. The first kappa shape index (κ1) is 23.7. The van der Waals surface area contributed by atoms with Gasteiger partial charge in [0.1, 0.15) is 0 Å². The van der Waals surface area contributed by atoms with Crippen LogP contribution in [0.15, 0.2) is 29.2 Å². The van der Waals surface area contributed by atoms with Gasteiger partial charge in [0.15, 0.2) is 0 Å². The van der Waals surface area contributed by atoms with Crippen LogP contribution < -0.4 is 10.5 Å². The molecular weight excluding hydrogens is 407 g/mol. The highest BCUT2D eigenvalue weighted by atomic mass is 35.5. The number of nitrogens with zero attached hydrogens (tertiary/aromatic N) is 1. The molecule has 1 aromatic rings. The maximum Gasteiger partial charge on any atom is 0.416 e. The molecule has 0 aliphatic carbocycles. The van der Waals surface area contributed by atoms with E-state index in [1.807, 2.05) is 0 Å². The van der Waals surface area contributed by atoms with Crippen LogP contribution in [0.5, 0.6) is 0 Å². The summed E-state index contributed by atoms with van der Waals surface area (Å²) in [5, 5.41) is 0. The Morgan fingerprint density at radius 2 is 2.04 bits per heavy atom. The number of nitrogens with two attached hydrogens (primary N) is 1. The van der Waals surface area contributed by atoms with Gasteiger partial charge in [0.25, 0.3) is 0 Å². The molecule has 6 nitrogen and oxygen atoms in total. The fourth-order valence-electron chi connectivity index (χ4n) is 2.76. The van der Waals surface area contributed by atoms with E-state index in [9.17, 15) is 26.4 Å². The van der Waals surface area contributed by atoms with Crippen molar-refractivity contribution < 1.29 is 26.4 Å². The lowest BCUT2D eigenvalue weighted by Crippen LogP contribution is -2.45. The van der Waals surface area contributed by atoms with Crippen molar-refractivity contribution in [3.63, 3.8) is 0 Å². The lowest BCUT2D eigenvalue weighted by Gasteiger charge is -2.30. The van der Waals surface area contributed by atoms with Crippen molar-refractivity contribution in [2.24, 2.45) is 5.73 Å². The SMILES string of the molecule is Cl.NC1CCCN(C(=O)CCCNS(=O)(=O)c2cccc(C(F)(F)F)c2)C1. The van der Waals surface area contributed by atoms with Gasteiger partial charge in [-0.05, 0) is 37.5 Å². The van der Waals surface area contributed by atoms with Crippen molar-refractivity contribution in [3.8, 4) is 0 Å². The summed E-state index contributed by atoms with van der Waals surface area (Å²) in [6.45, 7) is 1.10. The number of piperidine rings is 1. The van der Waals surface area contributed by atoms with Gasteiger partial charge < -0.3 is 10.6 Å². The summed E-state index contributed by atoms with van der Waals surface area (Å²) in [7, 11) is -4.07. The molecule has 1 fully saturated rings. The number of rotatable bonds is 6. The van der Waals surface area contributed by atoms with Crippen LogP contribution in [0.2, 0.25) is 0 Å². The van der Waals surface area contributed by atoms with E-state index in [2.05, 4.69) is 4.72 Å². The number of carbonyl (C=O) groups is 1. The zero-order chi connectivity index (χ0) is 19.4. The van der Waals surface area contributed by atoms with Gasteiger partial charge in [-0.15, -0.1) is 12.4 Å². The van der Waals surface area contributed by atoms with E-state index in [0.29, 0.717) is 19.2 Å². The Morgan fingerprint density at radius 3 is 2.67 bits per heavy atom. The maximum absolute atomic E-state index is 12.7. The summed E-state index contributed by atoms with van der Waals surface area (Å²) in [5.74, 6) is -0.0987. The molecule has 3 N–H and O–H groups in total. The second kappa shape index (κ2) is 9.72. The lowest BCUT2D eigenvalue weighted by atomic mass is 10.1. The summed E-state index contributed by atoms with van der Waals surface area (Å²) in [6, 6.07) is 3.49. The molecule has 1 saturated heterocycles. The average Bonchev–Trinajstić information content (AvgIpc) is 2.58. The van der Waals surface area contributed by atoms with Gasteiger partial charge in [-0.25, -0.2) is 13.1 Å². The smallest absolute Gasteiger partial charge is 0.341 e. The third-order valence-corrected chi connectivity index (χ3v) is 5.60. The van der Waals surface area contributed by atoms with Crippen LogP contribution in [0.3, 0.4) is 0 Å². The number of likely N-dealkylation sites (tertiary alicyclic amines) is 1. The number of sulfonamides is 1. The summed E-state index contributed by atoms with van der Waals surface area (Å²) < 4.78 is 64.5. The van der Waals surface area contributed by atoms with Crippen LogP contribution in [0.25, 0.3) is 0 Å². The highest BCUT2D eigenvalue weighted by Crippen LogP contribution is 2.30. The number of nitrogens with one attached hydrogen (secondary N) is 1. The highest BCUT2D eigenvalue weighted by molar-refractivity contribution is 7.89. The minimum atomic E-state index is -4.62. The minimum Gasteiger partial charge on any atom is -0.341 e. The van der Waals surface area contributed by atoms with E-state index in [0.717, 1.165) is 31.0 Å². The molecule has 1 amide bonds. The van der Waals surface area contributed by atoms with Crippen LogP contribution in [-0.4, -0.2) is 44.9 Å². The van der Waals surface area contributed by atoms with E-state index in [4.69, 9.17) is 5.73 Å². The molecule has 1 unspecified atom stereocenters. The van der Waals surface area contributed by atoms with Gasteiger partial charge in [-0.2, -0.15) is 13.2 Å². The molecule has 1 heterocycles. The van der Waals surface area contributed by atoms with Gasteiger partial charge in [-0.3, -0.25) is 4.79 Å². The molecular formula is C16H23ClF3N3O3S. The summed E-state index contributed by atoms with van der Waals surface area (Å²) in [5.41, 5.74) is 4.79. The Balaban J connectivity index is 0.00000364. The van der Waals surface area contributed by atoms with Crippen LogP contribution in [0.4, 0.5) is 13.2 Å². The Morgan fingerprint density at radius 1 is 1.33 bits per heavy atom. The van der Waals surface area contributed by atoms with Crippen LogP contribution >= 0.6 is 12.4 Å². The van der Waals surface area contributed by atoms with Gasteiger partial charge in [-0.1, -0.05) is 6.07 Å². The van der Waals surface area contributed by atoms with Crippen molar-refractivity contribution in [1.82, 2.24) is 9.62 Å². The van der Waals surface area contributed by atoms with Crippen LogP contribution in [0, 0.1) is 0 Å². The number of halogens is 4. The Hall–Kier alpha value is -1.36. The highest BCUT2D eigenvalue weighted by Gasteiger charge is 2.31. The van der Waals surface area contributed by atoms with Crippen molar-refractivity contribution >= 4 is 28.3 Å². The molecule has 11 heteroatoms. The third kappa shape index (κ3) is 6.95. The molecule has 0 saturated carbocycles. The quantitative estimate of drug-likeness (QED) is 0.677. The van der Waals surface area contributed by atoms with E-state index < -0.39 is 26.7 Å². The number of hydrogen-bond donors (Lipinski definition) is 2. The van der Waals surface area contributed by atoms with Crippen molar-refractivity contribution in [2.45, 2.75) is 42.8 Å². The van der Waals surface area contributed by atoms with E-state index in [1.165, 1.54) is 0 Å². The van der Waals surface area contributed by atoms with Crippen molar-refractivity contribution in [3.05, 3.63) is 29.8 Å². The number of hydrogen-bond acceptors (Lipinski definition) is 4. The van der Waals surface area contributed by atoms with Gasteiger partial charge in [0, 0.05) is 32.1 Å². The molecule has 0 aromatic heterocycles. The average molecular weight is 430 g/mol. The van der Waals surface area contributed by atoms with Crippen LogP contribution in [-0.2, 0) is 21.0 Å². The normalized spacial score (nSPS) is 18.1. The third-order valence-electron chi connectivity index (χ3n) is 4.14. The van der Waals surface area contributed by atoms with E-state index in [-0.39, 0.29) is 43.7 Å². The number of carbonyl (C=O) groups excluding carboxylic acids is 1. The molecule has 2 rings (SSSR count). The first-order valence-electron chi connectivity index (χ1n) is 8.30. The van der Waals surface area contributed by atoms with Gasteiger partial charge in [0.2, 0.25) is 15.9 Å².